The van der Waals surface area contributed by atoms with Crippen molar-refractivity contribution in [1.82, 2.24) is 4.90 Å². The lowest BCUT2D eigenvalue weighted by Crippen LogP contribution is -2.34. The van der Waals surface area contributed by atoms with E-state index in [1.807, 2.05) is 20.8 Å². The van der Waals surface area contributed by atoms with Crippen molar-refractivity contribution in [2.45, 2.75) is 20.8 Å². The smallest absolute Gasteiger partial charge is 0.146 e. The lowest BCUT2D eigenvalue weighted by atomic mass is 10.4. The van der Waals surface area contributed by atoms with Gasteiger partial charge in [-0.1, -0.05) is 0 Å². The van der Waals surface area contributed by atoms with E-state index in [0.717, 1.165) is 19.6 Å². The van der Waals surface area contributed by atoms with Crippen molar-refractivity contribution >= 4 is 0 Å². The monoisotopic (exact) mass is 323 g/mol. The molecule has 0 aromatic rings. The Morgan fingerprint density at radius 2 is 0.818 bits per heavy atom. The molecular formula is C15H33NO6. The molecule has 0 aromatic carbocycles. The Morgan fingerprint density at radius 1 is 0.500 bits per heavy atom. The molecule has 0 spiro atoms. The third-order valence-electron chi connectivity index (χ3n) is 2.77. The second-order valence-corrected chi connectivity index (χ2v) is 4.40. The molecule has 0 aromatic heterocycles. The summed E-state index contributed by atoms with van der Waals surface area (Å²) in [5.74, 6) is 0. The fraction of sp³-hybridized carbons (Fsp3) is 1.00. The van der Waals surface area contributed by atoms with Crippen LogP contribution in [0.25, 0.3) is 0 Å². The van der Waals surface area contributed by atoms with Crippen molar-refractivity contribution in [2.24, 2.45) is 0 Å². The van der Waals surface area contributed by atoms with Gasteiger partial charge in [0.2, 0.25) is 0 Å². The van der Waals surface area contributed by atoms with Crippen LogP contribution in [0, 0.1) is 0 Å². The molecule has 0 bridgehead atoms. The van der Waals surface area contributed by atoms with Crippen LogP contribution in [0.3, 0.4) is 0 Å². The molecule has 0 aliphatic heterocycles. The number of ether oxygens (including phenoxy) is 6. The Balaban J connectivity index is 3.72. The number of hydrogen-bond acceptors (Lipinski definition) is 7. The highest BCUT2D eigenvalue weighted by atomic mass is 16.7. The predicted molar refractivity (Wildman–Crippen MR) is 83.8 cm³/mol. The maximum atomic E-state index is 5.40. The third-order valence-corrected chi connectivity index (χ3v) is 2.77. The fourth-order valence-corrected chi connectivity index (χ4v) is 1.52. The van der Waals surface area contributed by atoms with Crippen molar-refractivity contribution < 1.29 is 28.4 Å². The van der Waals surface area contributed by atoms with Crippen molar-refractivity contribution in [2.75, 3.05) is 79.7 Å². The van der Waals surface area contributed by atoms with E-state index < -0.39 is 0 Å². The van der Waals surface area contributed by atoms with Crippen LogP contribution in [-0.2, 0) is 28.4 Å². The largest absolute Gasteiger partial charge is 0.356 e. The molecule has 0 heterocycles. The zero-order valence-electron chi connectivity index (χ0n) is 14.4. The minimum atomic E-state index is 0.339. The van der Waals surface area contributed by atoms with Crippen LogP contribution in [-0.4, -0.2) is 84.6 Å². The molecule has 7 nitrogen and oxygen atoms in total. The Hall–Kier alpha value is -0.280. The quantitative estimate of drug-likeness (QED) is 0.278. The molecule has 0 amide bonds. The zero-order valence-corrected chi connectivity index (χ0v) is 14.4. The molecule has 0 rings (SSSR count). The van der Waals surface area contributed by atoms with Crippen LogP contribution in [0.15, 0.2) is 0 Å². The SMILES string of the molecule is CCOCOCCN(CCOCOCC)CCOCOCC. The van der Waals surface area contributed by atoms with Gasteiger partial charge in [-0.3, -0.25) is 4.90 Å². The molecule has 0 saturated carbocycles. The highest BCUT2D eigenvalue weighted by Crippen LogP contribution is 1.92. The van der Waals surface area contributed by atoms with Gasteiger partial charge in [-0.25, -0.2) is 0 Å². The average Bonchev–Trinajstić information content (AvgIpc) is 2.53. The summed E-state index contributed by atoms with van der Waals surface area (Å²) in [7, 11) is 0. The molecule has 22 heavy (non-hydrogen) atoms. The first-order valence-corrected chi connectivity index (χ1v) is 8.03. The van der Waals surface area contributed by atoms with E-state index in [4.69, 9.17) is 28.4 Å². The van der Waals surface area contributed by atoms with Crippen LogP contribution < -0.4 is 0 Å². The lowest BCUT2D eigenvalue weighted by Gasteiger charge is -2.22. The van der Waals surface area contributed by atoms with Gasteiger partial charge in [0.15, 0.2) is 0 Å². The first kappa shape index (κ1) is 21.7. The summed E-state index contributed by atoms with van der Waals surface area (Å²) >= 11 is 0. The van der Waals surface area contributed by atoms with E-state index in [1.54, 1.807) is 0 Å². The van der Waals surface area contributed by atoms with Gasteiger partial charge >= 0.3 is 0 Å². The third kappa shape index (κ3) is 16.1. The van der Waals surface area contributed by atoms with Crippen molar-refractivity contribution in [1.29, 1.82) is 0 Å². The maximum absolute atomic E-state index is 5.40. The topological polar surface area (TPSA) is 58.6 Å². The van der Waals surface area contributed by atoms with Gasteiger partial charge in [0, 0.05) is 39.5 Å². The van der Waals surface area contributed by atoms with Crippen molar-refractivity contribution in [3.05, 3.63) is 0 Å². The highest BCUT2D eigenvalue weighted by Gasteiger charge is 2.05. The Labute approximate surface area is 134 Å². The molecular weight excluding hydrogens is 290 g/mol. The van der Waals surface area contributed by atoms with Crippen molar-refractivity contribution in [3.8, 4) is 0 Å². The first-order chi connectivity index (χ1) is 10.8. The number of hydrogen-bond donors (Lipinski definition) is 0. The summed E-state index contributed by atoms with van der Waals surface area (Å²) in [5, 5.41) is 0. The van der Waals surface area contributed by atoms with E-state index in [9.17, 15) is 0 Å². The van der Waals surface area contributed by atoms with E-state index in [0.29, 0.717) is 60.0 Å². The summed E-state index contributed by atoms with van der Waals surface area (Å²) in [6.07, 6.45) is 0. The van der Waals surface area contributed by atoms with Gasteiger partial charge in [0.1, 0.15) is 20.4 Å². The van der Waals surface area contributed by atoms with Gasteiger partial charge < -0.3 is 28.4 Å². The molecule has 0 aliphatic carbocycles. The predicted octanol–water partition coefficient (Wildman–Crippen LogP) is 1.32. The molecule has 0 aliphatic rings. The van der Waals surface area contributed by atoms with Gasteiger partial charge in [-0.2, -0.15) is 0 Å². The summed E-state index contributed by atoms with van der Waals surface area (Å²) in [6.45, 7) is 13.1. The standard InChI is InChI=1S/C15H33NO6/c1-4-17-13-20-10-7-16(8-11-21-14-18-5-2)9-12-22-15-19-6-3/h4-15H2,1-3H3. The first-order valence-electron chi connectivity index (χ1n) is 8.03. The second-order valence-electron chi connectivity index (χ2n) is 4.40. The van der Waals surface area contributed by atoms with E-state index in [-0.39, 0.29) is 0 Å². The molecule has 0 radical (unpaired) electrons. The summed E-state index contributed by atoms with van der Waals surface area (Å²) in [5.41, 5.74) is 0. The molecule has 7 heteroatoms. The summed E-state index contributed by atoms with van der Waals surface area (Å²) in [6, 6.07) is 0. The molecule has 0 N–H and O–H groups in total. The Bertz CT molecular complexity index is 175. The lowest BCUT2D eigenvalue weighted by molar-refractivity contribution is -0.0739. The maximum Gasteiger partial charge on any atom is 0.146 e. The van der Waals surface area contributed by atoms with E-state index >= 15 is 0 Å². The molecule has 0 fully saturated rings. The fourth-order valence-electron chi connectivity index (χ4n) is 1.52. The minimum absolute atomic E-state index is 0.339. The summed E-state index contributed by atoms with van der Waals surface area (Å²) < 4.78 is 31.6. The highest BCUT2D eigenvalue weighted by molar-refractivity contribution is 4.56. The van der Waals surface area contributed by atoms with E-state index in [1.165, 1.54) is 0 Å². The van der Waals surface area contributed by atoms with Crippen LogP contribution in [0.1, 0.15) is 20.8 Å². The normalized spacial score (nSPS) is 11.5. The van der Waals surface area contributed by atoms with Gasteiger partial charge in [0.05, 0.1) is 19.8 Å². The van der Waals surface area contributed by atoms with Crippen LogP contribution >= 0.6 is 0 Å². The number of nitrogens with zero attached hydrogens (tertiary/aromatic N) is 1. The summed E-state index contributed by atoms with van der Waals surface area (Å²) in [4.78, 5) is 2.23. The average molecular weight is 323 g/mol. The molecule has 0 saturated heterocycles. The minimum Gasteiger partial charge on any atom is -0.356 e. The Morgan fingerprint density at radius 3 is 1.09 bits per heavy atom. The van der Waals surface area contributed by atoms with Gasteiger partial charge in [0.25, 0.3) is 0 Å². The zero-order chi connectivity index (χ0) is 16.3. The van der Waals surface area contributed by atoms with Gasteiger partial charge in [-0.15, -0.1) is 0 Å². The van der Waals surface area contributed by atoms with Crippen molar-refractivity contribution in [3.63, 3.8) is 0 Å². The van der Waals surface area contributed by atoms with Crippen LogP contribution in [0.2, 0.25) is 0 Å². The molecule has 0 atom stereocenters. The van der Waals surface area contributed by atoms with E-state index in [2.05, 4.69) is 4.90 Å². The molecule has 134 valence electrons. The van der Waals surface area contributed by atoms with Crippen LogP contribution in [0.4, 0.5) is 0 Å². The van der Waals surface area contributed by atoms with Gasteiger partial charge in [-0.05, 0) is 20.8 Å². The molecule has 0 unspecified atom stereocenters. The van der Waals surface area contributed by atoms with Crippen LogP contribution in [0.5, 0.6) is 0 Å². The number of rotatable bonds is 18. The Kier molecular flexibility index (Phi) is 18.5. The second kappa shape index (κ2) is 18.8.